The van der Waals surface area contributed by atoms with E-state index in [2.05, 4.69) is 36.4 Å². The maximum absolute atomic E-state index is 10.4. The van der Waals surface area contributed by atoms with Crippen LogP contribution in [-0.4, -0.2) is 80.1 Å². The van der Waals surface area contributed by atoms with Crippen LogP contribution in [0, 0.1) is 0 Å². The van der Waals surface area contributed by atoms with Crippen LogP contribution in [0.5, 0.6) is 17.2 Å². The minimum atomic E-state index is -5.14. The molecule has 0 spiro atoms. The lowest BCUT2D eigenvalue weighted by molar-refractivity contribution is 0.320. The quantitative estimate of drug-likeness (QED) is 0.124. The van der Waals surface area contributed by atoms with Gasteiger partial charge in [-0.2, -0.15) is 0 Å². The Morgan fingerprint density at radius 2 is 0.455 bits per heavy atom. The molecule has 12 N–H and O–H groups in total. The Kier molecular flexibility index (Phi) is 29.9. The summed E-state index contributed by atoms with van der Waals surface area (Å²) in [5, 5.41) is 3.81. The molecule has 21 nitrogen and oxygen atoms in total. The van der Waals surface area contributed by atoms with Crippen LogP contribution in [0.4, 0.5) is 25.2 Å². The molecule has 0 saturated carbocycles. The fraction of sp³-hybridized carbons (Fsp3) is 0.143. The summed E-state index contributed by atoms with van der Waals surface area (Å²) in [6.07, 6.45) is 0. The van der Waals surface area contributed by atoms with Crippen molar-refractivity contribution in [3.05, 3.63) is 72.8 Å². The summed E-state index contributed by atoms with van der Waals surface area (Å²) in [5.41, 5.74) is 0. The van der Waals surface area contributed by atoms with Gasteiger partial charge in [0.05, 0.1) is 21.3 Å². The molecule has 0 aliphatic heterocycles. The molecule has 0 aliphatic rings. The average molecular weight is 952 g/mol. The predicted octanol–water partition coefficient (Wildman–Crippen LogP) is 3.76. The highest BCUT2D eigenvalue weighted by Gasteiger charge is 2.17. The second-order valence-electron chi connectivity index (χ2n) is 8.27. The largest absolute Gasteiger partial charge is 0.507 e. The van der Waals surface area contributed by atoms with E-state index in [0.29, 0.717) is 0 Å². The van der Waals surface area contributed by atoms with E-state index in [1.54, 1.807) is 21.3 Å². The monoisotopic (exact) mass is 952 g/mol. The molecule has 0 amide bonds. The Hall–Kier alpha value is -2.03. The molecule has 0 saturated heterocycles. The number of hydrogen-bond donors (Lipinski definition) is 12. The molecule has 0 bridgehead atoms. The highest BCUT2D eigenvalue weighted by Crippen LogP contribution is 2.38. The predicted molar refractivity (Wildman–Crippen MR) is 184 cm³/mol. The highest BCUT2D eigenvalue weighted by molar-refractivity contribution is 7.79. The Bertz CT molecular complexity index is 1460. The van der Waals surface area contributed by atoms with Gasteiger partial charge in [-0.05, 0) is 60.2 Å². The van der Waals surface area contributed by atoms with Gasteiger partial charge in [0.1, 0.15) is 17.2 Å². The van der Waals surface area contributed by atoms with Crippen molar-refractivity contribution in [2.75, 3.05) is 21.3 Å². The second kappa shape index (κ2) is 27.6. The Labute approximate surface area is 308 Å². The van der Waals surface area contributed by atoms with Gasteiger partial charge in [0.25, 0.3) is 0 Å². The molecule has 0 unspecified atom stereocenters. The zero-order valence-corrected chi connectivity index (χ0v) is 33.6. The topological polar surface area (TPSA) is 373 Å². The van der Waals surface area contributed by atoms with E-state index in [1.165, 1.54) is 15.9 Å². The molecule has 0 fully saturated rings. The van der Waals surface area contributed by atoms with Crippen molar-refractivity contribution in [2.24, 2.45) is 0 Å². The summed E-state index contributed by atoms with van der Waals surface area (Å²) in [7, 11) is -26.4. The first-order chi connectivity index (χ1) is 24.2. The smallest absolute Gasteiger partial charge is 0.497 e. The van der Waals surface area contributed by atoms with Crippen molar-refractivity contribution < 1.29 is 126 Å². The van der Waals surface area contributed by atoms with Crippen LogP contribution in [-0.2, 0) is 27.4 Å². The molecule has 320 valence electrons. The summed E-state index contributed by atoms with van der Waals surface area (Å²) >= 11 is 0. The summed E-state index contributed by atoms with van der Waals surface area (Å²) < 4.78 is 130. The van der Waals surface area contributed by atoms with Crippen molar-refractivity contribution in [1.29, 1.82) is 0 Å². The van der Waals surface area contributed by atoms with Crippen LogP contribution < -0.4 is 30.1 Å². The summed E-state index contributed by atoms with van der Waals surface area (Å²) in [6.45, 7) is 0. The lowest BCUT2D eigenvalue weighted by Gasteiger charge is -2.20. The number of ether oxygens (including phenoxy) is 3. The molecule has 34 heteroatoms. The van der Waals surface area contributed by atoms with Gasteiger partial charge < -0.3 is 14.2 Å². The Morgan fingerprint density at radius 3 is 0.545 bits per heavy atom. The summed E-state index contributed by atoms with van der Waals surface area (Å²) in [6, 6.07) is 24.9. The van der Waals surface area contributed by atoms with Crippen molar-refractivity contribution in [1.82, 2.24) is 0 Å². The first-order valence-electron chi connectivity index (χ1n) is 12.5. The molecule has 0 radical (unpaired) electrons. The van der Waals surface area contributed by atoms with Gasteiger partial charge in [-0.3, -0.25) is 58.7 Å². The third-order valence-corrected chi connectivity index (χ3v) is 6.44. The molecule has 55 heavy (non-hydrogen) atoms. The second-order valence-corrected chi connectivity index (χ2v) is 16.2. The lowest BCUT2D eigenvalue weighted by Crippen LogP contribution is -2.20. The first kappa shape index (κ1) is 59.7. The van der Waals surface area contributed by atoms with Crippen molar-refractivity contribution in [3.8, 4) is 17.2 Å². The van der Waals surface area contributed by atoms with Crippen LogP contribution in [0.25, 0.3) is 0 Å². The summed E-state index contributed by atoms with van der Waals surface area (Å²) in [5.74, 6) is 2.59. The van der Waals surface area contributed by atoms with Crippen molar-refractivity contribution in [3.63, 3.8) is 0 Å². The number of hydrogen-bond acceptors (Lipinski definition) is 9. The fourth-order valence-corrected chi connectivity index (χ4v) is 4.88. The molecular weight excluding hydrogens is 919 g/mol. The highest BCUT2D eigenvalue weighted by atomic mass is 31.2. The lowest BCUT2D eigenvalue weighted by atomic mass is 10.3. The van der Waals surface area contributed by atoms with Crippen LogP contribution in [0.1, 0.15) is 0 Å². The molecule has 3 aromatic rings. The van der Waals surface area contributed by atoms with E-state index < -0.39 is 55.4 Å². The molecule has 0 atom stereocenters. The number of benzene rings is 3. The zero-order chi connectivity index (χ0) is 44.6. The Balaban J connectivity index is -0.000000352. The molecule has 3 aromatic carbocycles. The van der Waals surface area contributed by atoms with Gasteiger partial charge in [-0.25, -0.2) is 27.4 Å². The van der Waals surface area contributed by atoms with Crippen molar-refractivity contribution >= 4 is 71.3 Å². The fourth-order valence-electron chi connectivity index (χ4n) is 2.64. The summed E-state index contributed by atoms with van der Waals surface area (Å²) in [4.78, 5) is 83.6. The number of halogens is 6. The van der Waals surface area contributed by atoms with Crippen LogP contribution in [0.3, 0.4) is 0 Å². The molecule has 0 aliphatic carbocycles. The van der Waals surface area contributed by atoms with E-state index in [0.717, 1.165) is 17.2 Å². The van der Waals surface area contributed by atoms with Gasteiger partial charge in [0.2, 0.25) is 0 Å². The standard InChI is InChI=1S/C21H21O3P.6FH2O3P/c1-22-16-4-10-19(11-5-16)25(20-12-6-17(23-2)7-13-20)21-14-8-18(24-3)9-15-21;6*1-5(2,3)4/h4-15H,1-3H3;6*(H2,2,3,4). The maximum Gasteiger partial charge on any atom is 0.507 e. The molecular formula is C21H33F6O21P7. The van der Waals surface area contributed by atoms with Gasteiger partial charge >= 0.3 is 47.4 Å². The molecule has 0 heterocycles. The van der Waals surface area contributed by atoms with Gasteiger partial charge in [-0.1, -0.05) is 36.4 Å². The first-order valence-corrected chi connectivity index (χ1v) is 22.8. The minimum absolute atomic E-state index is 0.665. The number of rotatable bonds is 6. The van der Waals surface area contributed by atoms with E-state index in [4.69, 9.17) is 100 Å². The average Bonchev–Trinajstić information content (AvgIpc) is 2.93. The zero-order valence-electron chi connectivity index (χ0n) is 27.4. The van der Waals surface area contributed by atoms with E-state index in [-0.39, 0.29) is 0 Å². The number of methoxy groups -OCH3 is 3. The van der Waals surface area contributed by atoms with Crippen LogP contribution >= 0.6 is 55.4 Å². The van der Waals surface area contributed by atoms with Gasteiger partial charge in [0, 0.05) is 0 Å². The van der Waals surface area contributed by atoms with Crippen molar-refractivity contribution in [2.45, 2.75) is 0 Å². The normalized spacial score (nSPS) is 11.2. The molecule has 0 aromatic heterocycles. The van der Waals surface area contributed by atoms with Crippen LogP contribution in [0.15, 0.2) is 72.8 Å². The van der Waals surface area contributed by atoms with Gasteiger partial charge in [-0.15, -0.1) is 25.2 Å². The van der Waals surface area contributed by atoms with Crippen LogP contribution in [0.2, 0.25) is 0 Å². The third-order valence-electron chi connectivity index (χ3n) is 3.99. The third kappa shape index (κ3) is 61.4. The van der Waals surface area contributed by atoms with E-state index in [9.17, 15) is 25.2 Å². The molecule has 3 rings (SSSR count). The Morgan fingerprint density at radius 1 is 0.345 bits per heavy atom. The minimum Gasteiger partial charge on any atom is -0.497 e. The van der Waals surface area contributed by atoms with E-state index >= 15 is 0 Å². The van der Waals surface area contributed by atoms with Gasteiger partial charge in [0.15, 0.2) is 0 Å². The van der Waals surface area contributed by atoms with E-state index in [1.807, 2.05) is 36.4 Å². The SMILES string of the molecule is COc1ccc(P(c2ccc(OC)cc2)c2ccc(OC)cc2)cc1.O=P(O)(O)F.O=P(O)(O)F.O=P(O)(O)F.O=P(O)(O)F.O=P(O)(O)F.O=P(O)(O)F. The maximum atomic E-state index is 10.4.